The summed E-state index contributed by atoms with van der Waals surface area (Å²) in [5, 5.41) is 3.97. The molecule has 3 aromatic rings. The van der Waals surface area contributed by atoms with Gasteiger partial charge in [-0.3, -0.25) is 0 Å². The van der Waals surface area contributed by atoms with Crippen molar-refractivity contribution in [2.24, 2.45) is 5.92 Å². The van der Waals surface area contributed by atoms with E-state index in [4.69, 9.17) is 13.9 Å². The van der Waals surface area contributed by atoms with Gasteiger partial charge in [-0.25, -0.2) is 9.97 Å². The number of hydrogen-bond donors (Lipinski definition) is 0. The van der Waals surface area contributed by atoms with Crippen LogP contribution in [0.4, 0.5) is 5.95 Å². The molecule has 0 atom stereocenters. The Hall–Kier alpha value is -2.63. The highest BCUT2D eigenvalue weighted by atomic mass is 16.5. The van der Waals surface area contributed by atoms with Crippen LogP contribution >= 0.6 is 0 Å². The first-order valence-corrected chi connectivity index (χ1v) is 8.29. The maximum atomic E-state index is 5.41. The second kappa shape index (κ2) is 6.11. The van der Waals surface area contributed by atoms with Crippen molar-refractivity contribution in [3.63, 3.8) is 0 Å². The van der Waals surface area contributed by atoms with Gasteiger partial charge in [-0.1, -0.05) is 12.1 Å². The van der Waals surface area contributed by atoms with Gasteiger partial charge in [0.05, 0.1) is 29.5 Å². The number of furan rings is 1. The van der Waals surface area contributed by atoms with Crippen molar-refractivity contribution in [2.75, 3.05) is 18.0 Å². The minimum Gasteiger partial charge on any atom is -0.472 e. The van der Waals surface area contributed by atoms with Crippen LogP contribution in [0.15, 0.2) is 39.8 Å². The van der Waals surface area contributed by atoms with Crippen LogP contribution in [0.25, 0.3) is 22.6 Å². The van der Waals surface area contributed by atoms with E-state index in [1.54, 1.807) is 12.5 Å². The molecule has 1 saturated heterocycles. The molecular weight excluding hydrogens is 304 g/mol. The average Bonchev–Trinajstić information content (AvgIpc) is 3.27. The van der Waals surface area contributed by atoms with Crippen LogP contribution < -0.4 is 4.90 Å². The molecule has 0 bridgehead atoms. The highest BCUT2D eigenvalue weighted by molar-refractivity contribution is 5.78. The quantitative estimate of drug-likeness (QED) is 0.727. The van der Waals surface area contributed by atoms with E-state index >= 15 is 0 Å². The highest BCUT2D eigenvalue weighted by Gasteiger charge is 2.21. The summed E-state index contributed by atoms with van der Waals surface area (Å²) >= 11 is 0. The number of aryl methyl sites for hydroxylation is 1. The van der Waals surface area contributed by atoms with E-state index in [9.17, 15) is 0 Å². The fraction of sp³-hybridized carbons (Fsp3) is 0.389. The van der Waals surface area contributed by atoms with Crippen LogP contribution in [-0.4, -0.2) is 28.2 Å². The number of nitrogens with zero attached hydrogens (tertiary/aromatic N) is 4. The monoisotopic (exact) mass is 324 g/mol. The average molecular weight is 324 g/mol. The summed E-state index contributed by atoms with van der Waals surface area (Å²) in [6, 6.07) is 3.79. The lowest BCUT2D eigenvalue weighted by Crippen LogP contribution is -2.34. The summed E-state index contributed by atoms with van der Waals surface area (Å²) in [6.07, 6.45) is 7.51. The molecule has 0 aliphatic carbocycles. The number of rotatable bonds is 3. The zero-order chi connectivity index (χ0) is 16.5. The van der Waals surface area contributed by atoms with E-state index in [1.807, 2.05) is 25.3 Å². The Morgan fingerprint density at radius 1 is 1.25 bits per heavy atom. The van der Waals surface area contributed by atoms with Crippen molar-refractivity contribution in [1.82, 2.24) is 15.1 Å². The minimum absolute atomic E-state index is 0.669. The normalized spacial score (nSPS) is 15.8. The summed E-state index contributed by atoms with van der Waals surface area (Å²) < 4.78 is 10.7. The second-order valence-electron chi connectivity index (χ2n) is 6.45. The van der Waals surface area contributed by atoms with Gasteiger partial charge in [-0.2, -0.15) is 0 Å². The Morgan fingerprint density at radius 2 is 2.08 bits per heavy atom. The Balaban J connectivity index is 1.75. The summed E-state index contributed by atoms with van der Waals surface area (Å²) in [4.78, 5) is 11.6. The molecule has 0 aromatic carbocycles. The van der Waals surface area contributed by atoms with Gasteiger partial charge < -0.3 is 13.8 Å². The zero-order valence-electron chi connectivity index (χ0n) is 13.9. The molecule has 0 spiro atoms. The number of piperidine rings is 1. The van der Waals surface area contributed by atoms with Gasteiger partial charge >= 0.3 is 0 Å². The molecule has 24 heavy (non-hydrogen) atoms. The first-order valence-electron chi connectivity index (χ1n) is 8.29. The lowest BCUT2D eigenvalue weighted by atomic mass is 9.99. The Kier molecular flexibility index (Phi) is 3.80. The molecule has 124 valence electrons. The van der Waals surface area contributed by atoms with Crippen molar-refractivity contribution >= 4 is 5.95 Å². The zero-order valence-corrected chi connectivity index (χ0v) is 13.9. The largest absolute Gasteiger partial charge is 0.472 e. The van der Waals surface area contributed by atoms with Crippen molar-refractivity contribution in [2.45, 2.75) is 26.7 Å². The van der Waals surface area contributed by atoms with Crippen LogP contribution in [-0.2, 0) is 0 Å². The van der Waals surface area contributed by atoms with Crippen LogP contribution in [0.2, 0.25) is 0 Å². The van der Waals surface area contributed by atoms with Crippen LogP contribution in [0.5, 0.6) is 0 Å². The van der Waals surface area contributed by atoms with Crippen LogP contribution in [0.1, 0.15) is 25.5 Å². The maximum absolute atomic E-state index is 5.41. The molecule has 0 N–H and O–H groups in total. The van der Waals surface area contributed by atoms with Gasteiger partial charge in [0, 0.05) is 30.9 Å². The maximum Gasteiger partial charge on any atom is 0.225 e. The van der Waals surface area contributed by atoms with Gasteiger partial charge in [0.25, 0.3) is 0 Å². The van der Waals surface area contributed by atoms with Gasteiger partial charge in [-0.15, -0.1) is 0 Å². The first-order chi connectivity index (χ1) is 11.7. The van der Waals surface area contributed by atoms with Crippen molar-refractivity contribution < 1.29 is 8.94 Å². The molecule has 1 aliphatic rings. The lowest BCUT2D eigenvalue weighted by molar-refractivity contribution is 0.426. The molecule has 0 unspecified atom stereocenters. The Bertz CT molecular complexity index is 817. The van der Waals surface area contributed by atoms with Gasteiger partial charge in [0.1, 0.15) is 0 Å². The fourth-order valence-corrected chi connectivity index (χ4v) is 3.02. The van der Waals surface area contributed by atoms with Gasteiger partial charge in [-0.05, 0) is 31.7 Å². The predicted molar refractivity (Wildman–Crippen MR) is 90.6 cm³/mol. The van der Waals surface area contributed by atoms with Crippen molar-refractivity contribution in [3.05, 3.63) is 36.5 Å². The second-order valence-corrected chi connectivity index (χ2v) is 6.45. The first kappa shape index (κ1) is 14.9. The standard InChI is InChI=1S/C18H20N4O2/c1-12-3-6-22(7-4-12)18-19-10-15(16-9-13(2)21-24-16)17(20-18)14-5-8-23-11-14/h5,8-12H,3-4,6-7H2,1-2H3. The topological polar surface area (TPSA) is 68.2 Å². The lowest BCUT2D eigenvalue weighted by Gasteiger charge is -2.30. The molecule has 0 saturated carbocycles. The third kappa shape index (κ3) is 2.79. The number of aromatic nitrogens is 3. The van der Waals surface area contributed by atoms with Crippen LogP contribution in [0, 0.1) is 12.8 Å². The smallest absolute Gasteiger partial charge is 0.225 e. The van der Waals surface area contributed by atoms with E-state index in [2.05, 4.69) is 22.0 Å². The SMILES string of the molecule is Cc1cc(-c2cnc(N3CCC(C)CC3)nc2-c2ccoc2)on1. The predicted octanol–water partition coefficient (Wildman–Crippen LogP) is 3.94. The van der Waals surface area contributed by atoms with Crippen LogP contribution in [0.3, 0.4) is 0 Å². The molecule has 6 nitrogen and oxygen atoms in total. The Morgan fingerprint density at radius 3 is 2.75 bits per heavy atom. The molecule has 0 amide bonds. The minimum atomic E-state index is 0.669. The number of hydrogen-bond acceptors (Lipinski definition) is 6. The van der Waals surface area contributed by atoms with E-state index < -0.39 is 0 Å². The summed E-state index contributed by atoms with van der Waals surface area (Å²) in [7, 11) is 0. The van der Waals surface area contributed by atoms with Gasteiger partial charge in [0.15, 0.2) is 5.76 Å². The fourth-order valence-electron chi connectivity index (χ4n) is 3.02. The van der Waals surface area contributed by atoms with Gasteiger partial charge in [0.2, 0.25) is 5.95 Å². The van der Waals surface area contributed by atoms with E-state index in [0.29, 0.717) is 5.76 Å². The van der Waals surface area contributed by atoms with E-state index in [0.717, 1.165) is 47.5 Å². The summed E-state index contributed by atoms with van der Waals surface area (Å²) in [5.74, 6) is 2.20. The molecule has 4 rings (SSSR count). The summed E-state index contributed by atoms with van der Waals surface area (Å²) in [6.45, 7) is 6.18. The molecule has 6 heteroatoms. The third-order valence-corrected chi connectivity index (χ3v) is 4.53. The third-order valence-electron chi connectivity index (χ3n) is 4.53. The molecule has 1 fully saturated rings. The number of anilines is 1. The molecular formula is C18H20N4O2. The molecule has 4 heterocycles. The molecule has 1 aliphatic heterocycles. The van der Waals surface area contributed by atoms with E-state index in [1.165, 1.54) is 12.8 Å². The highest BCUT2D eigenvalue weighted by Crippen LogP contribution is 2.32. The molecule has 0 radical (unpaired) electrons. The van der Waals surface area contributed by atoms with Crippen molar-refractivity contribution in [1.29, 1.82) is 0 Å². The Labute approximate surface area is 140 Å². The summed E-state index contributed by atoms with van der Waals surface area (Å²) in [5.41, 5.74) is 3.37. The van der Waals surface area contributed by atoms with Crippen molar-refractivity contribution in [3.8, 4) is 22.6 Å². The molecule has 3 aromatic heterocycles. The van der Waals surface area contributed by atoms with E-state index in [-0.39, 0.29) is 0 Å².